The molecule has 0 bridgehead atoms. The zero-order valence-electron chi connectivity index (χ0n) is 22.4. The van der Waals surface area contributed by atoms with Crippen molar-refractivity contribution in [2.24, 2.45) is 0 Å². The molecule has 0 fully saturated rings. The van der Waals surface area contributed by atoms with Crippen LogP contribution in [-0.4, -0.2) is 38.4 Å². The smallest absolute Gasteiger partial charge is 0.336 e. The quantitative estimate of drug-likeness (QED) is 0.197. The minimum Gasteiger partial charge on any atom is -0.478 e. The Morgan fingerprint density at radius 2 is 1.80 bits per heavy atom. The number of benzene rings is 3. The maximum Gasteiger partial charge on any atom is 0.336 e. The number of carbonyl (C=O) groups excluding carboxylic acids is 1. The van der Waals surface area contributed by atoms with E-state index in [9.17, 15) is 14.7 Å². The highest BCUT2D eigenvalue weighted by Gasteiger charge is 2.21. The number of carbonyl (C=O) groups is 2. The molecule has 1 heterocycles. The monoisotopic (exact) mass is 561 g/mol. The van der Waals surface area contributed by atoms with Gasteiger partial charge in [-0.25, -0.2) is 9.18 Å². The Hall–Kier alpha value is -4.11. The van der Waals surface area contributed by atoms with Gasteiger partial charge in [0.1, 0.15) is 5.82 Å². The predicted molar refractivity (Wildman–Crippen MR) is 155 cm³/mol. The molecule has 40 heavy (non-hydrogen) atoms. The largest absolute Gasteiger partial charge is 0.478 e. The van der Waals surface area contributed by atoms with Gasteiger partial charge in [-0.2, -0.15) is 17.6 Å². The van der Waals surface area contributed by atoms with Gasteiger partial charge in [-0.1, -0.05) is 67.6 Å². The maximum absolute atomic E-state index is 15.4. The van der Waals surface area contributed by atoms with Crippen LogP contribution in [0, 0.1) is 5.82 Å². The minimum absolute atomic E-state index is 0.100. The van der Waals surface area contributed by atoms with E-state index in [0.717, 1.165) is 17.0 Å². The molecule has 4 rings (SSSR count). The van der Waals surface area contributed by atoms with Gasteiger partial charge in [0.05, 0.1) is 41.9 Å². The van der Waals surface area contributed by atoms with Crippen LogP contribution in [0.1, 0.15) is 46.7 Å². The molecule has 0 aliphatic heterocycles. The lowest BCUT2D eigenvalue weighted by molar-refractivity contribution is -0.120. The van der Waals surface area contributed by atoms with Gasteiger partial charge in [-0.05, 0) is 48.6 Å². The summed E-state index contributed by atoms with van der Waals surface area (Å²) < 4.78 is 23.0. The second-order valence-electron chi connectivity index (χ2n) is 9.24. The first-order valence-corrected chi connectivity index (χ1v) is 13.7. The van der Waals surface area contributed by atoms with Crippen molar-refractivity contribution in [3.8, 4) is 17.1 Å². The van der Waals surface area contributed by atoms with Crippen LogP contribution < -0.4 is 10.1 Å². The molecule has 1 atom stereocenters. The van der Waals surface area contributed by atoms with Gasteiger partial charge in [0.25, 0.3) is 6.01 Å². The van der Waals surface area contributed by atoms with Crippen molar-refractivity contribution >= 4 is 24.5 Å². The van der Waals surface area contributed by atoms with Crippen molar-refractivity contribution in [1.29, 1.82) is 0 Å². The topological polar surface area (TPSA) is 93.5 Å². The number of aryl methyl sites for hydroxylation is 1. The third-order valence-electron chi connectivity index (χ3n) is 6.58. The van der Waals surface area contributed by atoms with E-state index in [4.69, 9.17) is 4.74 Å². The first kappa shape index (κ1) is 28.9. The van der Waals surface area contributed by atoms with Crippen molar-refractivity contribution in [3.05, 3.63) is 107 Å². The molecule has 0 saturated heterocycles. The normalized spacial score (nSPS) is 11.7. The highest BCUT2D eigenvalue weighted by Crippen LogP contribution is 2.28. The third-order valence-corrected chi connectivity index (χ3v) is 7.00. The molecule has 9 heteroatoms. The lowest BCUT2D eigenvalue weighted by atomic mass is 9.98. The number of aromatic carboxylic acids is 1. The van der Waals surface area contributed by atoms with Gasteiger partial charge in [0.2, 0.25) is 5.91 Å². The Labute approximate surface area is 238 Å². The van der Waals surface area contributed by atoms with Crippen LogP contribution in [-0.2, 0) is 30.7 Å². The zero-order chi connectivity index (χ0) is 28.6. The summed E-state index contributed by atoms with van der Waals surface area (Å²) in [5.74, 6) is -1.78. The molecule has 2 N–H and O–H groups in total. The first-order chi connectivity index (χ1) is 19.3. The summed E-state index contributed by atoms with van der Waals surface area (Å²) >= 11 is 4.50. The second kappa shape index (κ2) is 13.3. The van der Waals surface area contributed by atoms with Crippen LogP contribution in [0.5, 0.6) is 6.01 Å². The van der Waals surface area contributed by atoms with Crippen molar-refractivity contribution in [2.45, 2.75) is 45.0 Å². The van der Waals surface area contributed by atoms with Crippen LogP contribution >= 0.6 is 12.6 Å². The fourth-order valence-electron chi connectivity index (χ4n) is 4.55. The Morgan fingerprint density at radius 1 is 1.07 bits per heavy atom. The number of thiol groups is 1. The van der Waals surface area contributed by atoms with Crippen molar-refractivity contribution in [2.75, 3.05) is 6.61 Å². The molecule has 0 spiro atoms. The average molecular weight is 562 g/mol. The summed E-state index contributed by atoms with van der Waals surface area (Å²) in [5, 5.41) is 12.0. The van der Waals surface area contributed by atoms with Crippen LogP contribution in [0.4, 0.5) is 4.39 Å². The molecule has 208 valence electrons. The van der Waals surface area contributed by atoms with Crippen molar-refractivity contribution in [3.63, 3.8) is 0 Å². The molecule has 7 nitrogen and oxygen atoms in total. The van der Waals surface area contributed by atoms with Gasteiger partial charge in [-0.3, -0.25) is 9.36 Å². The molecule has 1 aromatic heterocycles. The number of nitrogens with zero attached hydrogens (tertiary/aromatic N) is 2. The zero-order valence-corrected chi connectivity index (χ0v) is 23.3. The number of aromatic nitrogens is 2. The number of carboxylic acids is 1. The number of ether oxygens (including phenoxy) is 1. The number of hydrogen-bond donors (Lipinski definition) is 3. The Kier molecular flexibility index (Phi) is 9.60. The Morgan fingerprint density at radius 3 is 2.48 bits per heavy atom. The average Bonchev–Trinajstić information content (AvgIpc) is 3.29. The first-order valence-electron chi connectivity index (χ1n) is 13.1. The standard InChI is InChI=1S/C31H32FN3O4S/c1-3-26-27(18-33-29(36)28(40)16-20-10-6-5-7-11-20)35(31(34-26)39-4-2)19-22-15-14-21(17-25(22)32)23-12-8-9-13-24(23)30(37)38/h5-15,17,28,40H,3-4,16,18-19H2,1-2H3,(H,33,36)(H,37,38). The number of imidazole rings is 1. The van der Waals surface area contributed by atoms with Crippen LogP contribution in [0.2, 0.25) is 0 Å². The molecule has 0 aliphatic carbocycles. The van der Waals surface area contributed by atoms with E-state index in [1.807, 2.05) is 44.2 Å². The van der Waals surface area contributed by atoms with Gasteiger partial charge in [-0.15, -0.1) is 0 Å². The summed E-state index contributed by atoms with van der Waals surface area (Å²) in [4.78, 5) is 29.1. The minimum atomic E-state index is -1.08. The fraction of sp³-hybridized carbons (Fsp3) is 0.258. The molecule has 0 aliphatic rings. The van der Waals surface area contributed by atoms with E-state index in [0.29, 0.717) is 42.1 Å². The van der Waals surface area contributed by atoms with Crippen LogP contribution in [0.15, 0.2) is 72.8 Å². The number of halogens is 1. The lowest BCUT2D eigenvalue weighted by Crippen LogP contribution is -2.33. The maximum atomic E-state index is 15.4. The van der Waals surface area contributed by atoms with E-state index < -0.39 is 17.0 Å². The van der Waals surface area contributed by atoms with Gasteiger partial charge in [0, 0.05) is 5.56 Å². The lowest BCUT2D eigenvalue weighted by Gasteiger charge is -2.16. The SMILES string of the molecule is CCOc1nc(CC)c(CNC(=O)C(S)Cc2ccccc2)n1Cc1ccc(-c2ccccc2C(=O)O)cc1F. The summed E-state index contributed by atoms with van der Waals surface area (Å²) in [5.41, 5.74) is 3.86. The summed E-state index contributed by atoms with van der Waals surface area (Å²) in [6, 6.07) is 21.2. The van der Waals surface area contributed by atoms with Crippen LogP contribution in [0.25, 0.3) is 11.1 Å². The fourth-order valence-corrected chi connectivity index (χ4v) is 4.85. The molecule has 1 unspecified atom stereocenters. The molecular weight excluding hydrogens is 529 g/mol. The third kappa shape index (κ3) is 6.71. The van der Waals surface area contributed by atoms with Crippen molar-refractivity contribution < 1.29 is 23.8 Å². The van der Waals surface area contributed by atoms with Crippen LogP contribution in [0.3, 0.4) is 0 Å². The molecule has 3 aromatic carbocycles. The summed E-state index contributed by atoms with van der Waals surface area (Å²) in [6.07, 6.45) is 1.09. The van der Waals surface area contributed by atoms with Gasteiger partial charge < -0.3 is 15.2 Å². The van der Waals surface area contributed by atoms with E-state index >= 15 is 4.39 Å². The van der Waals surface area contributed by atoms with E-state index in [1.165, 1.54) is 12.1 Å². The number of amides is 1. The Bertz CT molecular complexity index is 1490. The molecular formula is C31H32FN3O4S. The Balaban J connectivity index is 1.58. The van der Waals surface area contributed by atoms with E-state index in [-0.39, 0.29) is 24.6 Å². The highest BCUT2D eigenvalue weighted by atomic mass is 32.1. The van der Waals surface area contributed by atoms with Gasteiger partial charge in [0.15, 0.2) is 0 Å². The number of carboxylic acid groups (broad SMARTS) is 1. The number of rotatable bonds is 12. The van der Waals surface area contributed by atoms with E-state index in [2.05, 4.69) is 22.9 Å². The highest BCUT2D eigenvalue weighted by molar-refractivity contribution is 7.81. The summed E-state index contributed by atoms with van der Waals surface area (Å²) in [6.45, 7) is 4.47. The van der Waals surface area contributed by atoms with Gasteiger partial charge >= 0.3 is 5.97 Å². The molecule has 0 saturated carbocycles. The second-order valence-corrected chi connectivity index (χ2v) is 9.86. The molecule has 1 amide bonds. The number of hydrogen-bond acceptors (Lipinski definition) is 5. The van der Waals surface area contributed by atoms with Crippen molar-refractivity contribution in [1.82, 2.24) is 14.9 Å². The molecule has 0 radical (unpaired) electrons. The predicted octanol–water partition coefficient (Wildman–Crippen LogP) is 5.55. The summed E-state index contributed by atoms with van der Waals surface area (Å²) in [7, 11) is 0. The number of nitrogens with one attached hydrogen (secondary N) is 1. The van der Waals surface area contributed by atoms with E-state index in [1.54, 1.807) is 34.9 Å². The molecule has 4 aromatic rings.